The molecule has 0 spiro atoms. The molecule has 1 unspecified atom stereocenters. The van der Waals surface area contributed by atoms with Gasteiger partial charge in [0.15, 0.2) is 0 Å². The normalized spacial score (nSPS) is 14.1. The zero-order valence-corrected chi connectivity index (χ0v) is 10.9. The van der Waals surface area contributed by atoms with Gasteiger partial charge in [0.2, 0.25) is 0 Å². The monoisotopic (exact) mass is 259 g/mol. The van der Waals surface area contributed by atoms with Crippen molar-refractivity contribution in [2.75, 3.05) is 12.3 Å². The number of nitrogens with zero attached hydrogens (tertiary/aromatic N) is 1. The molecule has 0 amide bonds. The second-order valence-electron chi connectivity index (χ2n) is 5.04. The van der Waals surface area contributed by atoms with Crippen LogP contribution in [0.25, 0.3) is 0 Å². The number of pyridine rings is 1. The topological polar surface area (TPSA) is 64.9 Å². The summed E-state index contributed by atoms with van der Waals surface area (Å²) in [4.78, 5) is 4.08. The van der Waals surface area contributed by atoms with E-state index in [4.69, 9.17) is 11.5 Å². The van der Waals surface area contributed by atoms with Gasteiger partial charge in [-0.2, -0.15) is 0 Å². The summed E-state index contributed by atoms with van der Waals surface area (Å²) < 4.78 is 14.1. The molecule has 0 aliphatic heterocycles. The van der Waals surface area contributed by atoms with Gasteiger partial charge >= 0.3 is 0 Å². The Hall–Kier alpha value is -1.94. The van der Waals surface area contributed by atoms with Gasteiger partial charge in [0.25, 0.3) is 0 Å². The van der Waals surface area contributed by atoms with Crippen molar-refractivity contribution >= 4 is 5.69 Å². The lowest BCUT2D eigenvalue weighted by molar-refractivity contribution is 0.450. The molecule has 2 rings (SSSR count). The Kier molecular flexibility index (Phi) is 3.81. The Balaban J connectivity index is 2.36. The fraction of sp³-hybridized carbons (Fsp3) is 0.267. The van der Waals surface area contributed by atoms with Crippen molar-refractivity contribution in [1.29, 1.82) is 0 Å². The van der Waals surface area contributed by atoms with Crippen LogP contribution in [0.5, 0.6) is 0 Å². The average molecular weight is 259 g/mol. The van der Waals surface area contributed by atoms with Crippen LogP contribution in [0.1, 0.15) is 18.1 Å². The second-order valence-corrected chi connectivity index (χ2v) is 5.04. The number of aromatic nitrogens is 1. The smallest absolute Gasteiger partial charge is 0.129 e. The third-order valence-corrected chi connectivity index (χ3v) is 3.41. The molecule has 3 nitrogen and oxygen atoms in total. The maximum absolute atomic E-state index is 14.1. The summed E-state index contributed by atoms with van der Waals surface area (Å²) in [6, 6.07) is 8.59. The van der Waals surface area contributed by atoms with Gasteiger partial charge in [0.1, 0.15) is 5.82 Å². The van der Waals surface area contributed by atoms with Crippen molar-refractivity contribution in [2.45, 2.75) is 18.8 Å². The molecule has 0 bridgehead atoms. The van der Waals surface area contributed by atoms with Crippen LogP contribution in [0.15, 0.2) is 42.7 Å². The number of benzene rings is 1. The number of nitrogen functional groups attached to an aromatic ring is 1. The van der Waals surface area contributed by atoms with Crippen LogP contribution in [0.2, 0.25) is 0 Å². The zero-order chi connectivity index (χ0) is 13.9. The molecule has 1 aromatic heterocycles. The predicted octanol–water partition coefficient (Wildman–Crippen LogP) is 2.26. The molecule has 1 heterocycles. The van der Waals surface area contributed by atoms with E-state index in [2.05, 4.69) is 4.98 Å². The Morgan fingerprint density at radius 3 is 2.68 bits per heavy atom. The average Bonchev–Trinajstić information content (AvgIpc) is 2.39. The number of nitrogens with two attached hydrogens (primary N) is 2. The summed E-state index contributed by atoms with van der Waals surface area (Å²) in [6.07, 6.45) is 4.13. The van der Waals surface area contributed by atoms with Crippen LogP contribution in [-0.2, 0) is 11.8 Å². The highest BCUT2D eigenvalue weighted by Gasteiger charge is 2.28. The van der Waals surface area contributed by atoms with Crippen molar-refractivity contribution in [3.63, 3.8) is 0 Å². The molecule has 0 fully saturated rings. The van der Waals surface area contributed by atoms with Crippen LogP contribution in [0.3, 0.4) is 0 Å². The minimum atomic E-state index is -0.471. The molecule has 0 aliphatic rings. The molecular formula is C15H18FN3. The van der Waals surface area contributed by atoms with E-state index in [1.54, 1.807) is 24.5 Å². The quantitative estimate of drug-likeness (QED) is 0.828. The molecule has 0 saturated heterocycles. The van der Waals surface area contributed by atoms with Gasteiger partial charge in [-0.25, -0.2) is 4.39 Å². The number of hydrogen-bond acceptors (Lipinski definition) is 3. The van der Waals surface area contributed by atoms with Gasteiger partial charge in [0.05, 0.1) is 0 Å². The minimum absolute atomic E-state index is 0.308. The van der Waals surface area contributed by atoms with Crippen LogP contribution < -0.4 is 11.5 Å². The van der Waals surface area contributed by atoms with Crippen LogP contribution in [0.4, 0.5) is 10.1 Å². The number of rotatable bonds is 4. The fourth-order valence-corrected chi connectivity index (χ4v) is 2.25. The van der Waals surface area contributed by atoms with Gasteiger partial charge in [-0.05, 0) is 35.7 Å². The summed E-state index contributed by atoms with van der Waals surface area (Å²) in [6.45, 7) is 2.30. The molecule has 19 heavy (non-hydrogen) atoms. The van der Waals surface area contributed by atoms with Crippen LogP contribution in [-0.4, -0.2) is 11.5 Å². The Morgan fingerprint density at radius 2 is 2.11 bits per heavy atom. The maximum Gasteiger partial charge on any atom is 0.129 e. The summed E-state index contributed by atoms with van der Waals surface area (Å²) >= 11 is 0. The van der Waals surface area contributed by atoms with Crippen molar-refractivity contribution in [1.82, 2.24) is 4.98 Å². The molecule has 100 valence electrons. The Labute approximate surface area is 112 Å². The van der Waals surface area contributed by atoms with Crippen LogP contribution >= 0.6 is 0 Å². The lowest BCUT2D eigenvalue weighted by Gasteiger charge is -2.29. The molecule has 4 N–H and O–H groups in total. The van der Waals surface area contributed by atoms with Crippen LogP contribution in [0, 0.1) is 5.82 Å². The standard InChI is InChI=1S/C15H18FN3/c1-15(10-17,8-11-3-2-6-19-9-11)13-5-4-12(18)7-14(13)16/h2-7,9H,8,10,17-18H2,1H3. The molecule has 1 atom stereocenters. The lowest BCUT2D eigenvalue weighted by atomic mass is 9.77. The van der Waals surface area contributed by atoms with E-state index >= 15 is 0 Å². The van der Waals surface area contributed by atoms with Gasteiger partial charge in [-0.3, -0.25) is 4.98 Å². The summed E-state index contributed by atoms with van der Waals surface area (Å²) in [5.74, 6) is -0.308. The summed E-state index contributed by atoms with van der Waals surface area (Å²) in [5, 5.41) is 0. The Bertz CT molecular complexity index is 557. The third-order valence-electron chi connectivity index (χ3n) is 3.41. The molecule has 1 aromatic carbocycles. The minimum Gasteiger partial charge on any atom is -0.399 e. The van der Waals surface area contributed by atoms with Crippen molar-refractivity contribution < 1.29 is 4.39 Å². The molecule has 4 heteroatoms. The first-order chi connectivity index (χ1) is 9.05. The highest BCUT2D eigenvalue weighted by molar-refractivity contribution is 5.43. The molecule has 0 saturated carbocycles. The van der Waals surface area contributed by atoms with E-state index in [0.717, 1.165) is 5.56 Å². The van der Waals surface area contributed by atoms with Crippen molar-refractivity contribution in [3.8, 4) is 0 Å². The zero-order valence-electron chi connectivity index (χ0n) is 10.9. The predicted molar refractivity (Wildman–Crippen MR) is 75.2 cm³/mol. The number of halogens is 1. The number of anilines is 1. The van der Waals surface area contributed by atoms with Gasteiger partial charge in [-0.1, -0.05) is 19.1 Å². The van der Waals surface area contributed by atoms with Crippen molar-refractivity contribution in [3.05, 3.63) is 59.7 Å². The van der Waals surface area contributed by atoms with Gasteiger partial charge < -0.3 is 11.5 Å². The summed E-state index contributed by atoms with van der Waals surface area (Å²) in [5.41, 5.74) is 13.0. The first kappa shape index (κ1) is 13.5. The molecule has 0 radical (unpaired) electrons. The highest BCUT2D eigenvalue weighted by Crippen LogP contribution is 2.30. The van der Waals surface area contributed by atoms with E-state index in [9.17, 15) is 4.39 Å². The molecular weight excluding hydrogens is 241 g/mol. The molecule has 0 aliphatic carbocycles. The summed E-state index contributed by atoms with van der Waals surface area (Å²) in [7, 11) is 0. The number of hydrogen-bond donors (Lipinski definition) is 2. The third kappa shape index (κ3) is 2.90. The Morgan fingerprint density at radius 1 is 1.32 bits per heavy atom. The SMILES string of the molecule is CC(CN)(Cc1cccnc1)c1ccc(N)cc1F. The van der Waals surface area contributed by atoms with E-state index < -0.39 is 5.41 Å². The van der Waals surface area contributed by atoms with E-state index in [0.29, 0.717) is 24.2 Å². The first-order valence-corrected chi connectivity index (χ1v) is 6.20. The highest BCUT2D eigenvalue weighted by atomic mass is 19.1. The van der Waals surface area contributed by atoms with E-state index in [1.807, 2.05) is 19.1 Å². The second kappa shape index (κ2) is 5.36. The van der Waals surface area contributed by atoms with Gasteiger partial charge in [-0.15, -0.1) is 0 Å². The van der Waals surface area contributed by atoms with E-state index in [1.165, 1.54) is 6.07 Å². The van der Waals surface area contributed by atoms with Crippen molar-refractivity contribution in [2.24, 2.45) is 5.73 Å². The fourth-order valence-electron chi connectivity index (χ4n) is 2.25. The molecule has 2 aromatic rings. The van der Waals surface area contributed by atoms with E-state index in [-0.39, 0.29) is 5.82 Å². The largest absolute Gasteiger partial charge is 0.399 e. The first-order valence-electron chi connectivity index (χ1n) is 6.20. The van der Waals surface area contributed by atoms with Gasteiger partial charge in [0, 0.05) is 30.0 Å². The lowest BCUT2D eigenvalue weighted by Crippen LogP contribution is -2.35. The maximum atomic E-state index is 14.1.